The molecule has 0 aromatic heterocycles. The molecule has 2 aromatic carbocycles. The van der Waals surface area contributed by atoms with Crippen LogP contribution < -0.4 is 0 Å². The molecule has 1 aliphatic rings. The highest BCUT2D eigenvalue weighted by Gasteiger charge is 2.25. The molecule has 0 bridgehead atoms. The highest BCUT2D eigenvalue weighted by Crippen LogP contribution is 2.38. The van der Waals surface area contributed by atoms with Gasteiger partial charge in [-0.25, -0.2) is 17.6 Å². The zero-order chi connectivity index (χ0) is 25.6. The van der Waals surface area contributed by atoms with E-state index in [1.165, 1.54) is 37.8 Å². The fourth-order valence-electron chi connectivity index (χ4n) is 4.95. The standard InChI is InChI=1S/C28H31F7/c1-2-3-4-5-18-6-9-20(10-7-18)21-16-26(31)22(27(32)17-21)11-8-19-14-24(29)23(25(30)15-19)12-13-28(33,34)35/h12-18,20H,2-11H2,1H3. The molecule has 35 heavy (non-hydrogen) atoms. The van der Waals surface area contributed by atoms with Gasteiger partial charge in [0.2, 0.25) is 0 Å². The van der Waals surface area contributed by atoms with Gasteiger partial charge in [-0.15, -0.1) is 0 Å². The van der Waals surface area contributed by atoms with Crippen LogP contribution in [0, 0.1) is 29.2 Å². The molecule has 1 fully saturated rings. The monoisotopic (exact) mass is 500 g/mol. The lowest BCUT2D eigenvalue weighted by atomic mass is 9.77. The first kappa shape index (κ1) is 27.3. The first-order chi connectivity index (χ1) is 16.6. The molecule has 0 aliphatic heterocycles. The average molecular weight is 501 g/mol. The van der Waals surface area contributed by atoms with Crippen LogP contribution in [0.3, 0.4) is 0 Å². The summed E-state index contributed by atoms with van der Waals surface area (Å²) in [4.78, 5) is 0. The Bertz CT molecular complexity index is 968. The van der Waals surface area contributed by atoms with E-state index in [-0.39, 0.29) is 36.0 Å². The van der Waals surface area contributed by atoms with E-state index in [1.54, 1.807) is 0 Å². The van der Waals surface area contributed by atoms with E-state index >= 15 is 0 Å². The van der Waals surface area contributed by atoms with Gasteiger partial charge in [-0.1, -0.05) is 32.6 Å². The lowest BCUT2D eigenvalue weighted by Crippen LogP contribution is -2.14. The Hall–Kier alpha value is -2.31. The summed E-state index contributed by atoms with van der Waals surface area (Å²) >= 11 is 0. The van der Waals surface area contributed by atoms with E-state index in [2.05, 4.69) is 6.92 Å². The second-order valence-corrected chi connectivity index (χ2v) is 9.52. The van der Waals surface area contributed by atoms with Crippen molar-refractivity contribution in [2.75, 3.05) is 0 Å². The van der Waals surface area contributed by atoms with Gasteiger partial charge >= 0.3 is 6.18 Å². The number of alkyl halides is 3. The zero-order valence-electron chi connectivity index (χ0n) is 19.8. The number of benzene rings is 2. The number of allylic oxidation sites excluding steroid dienone is 1. The fourth-order valence-corrected chi connectivity index (χ4v) is 4.95. The second-order valence-electron chi connectivity index (χ2n) is 9.52. The van der Waals surface area contributed by atoms with Crippen molar-refractivity contribution in [1.29, 1.82) is 0 Å². The van der Waals surface area contributed by atoms with Gasteiger partial charge in [0.25, 0.3) is 0 Å². The smallest absolute Gasteiger partial charge is 0.207 e. The van der Waals surface area contributed by atoms with Crippen LogP contribution in [0.4, 0.5) is 30.7 Å². The van der Waals surface area contributed by atoms with Gasteiger partial charge in [-0.3, -0.25) is 0 Å². The van der Waals surface area contributed by atoms with Crippen LogP contribution in [0.1, 0.15) is 86.5 Å². The van der Waals surface area contributed by atoms with Crippen LogP contribution in [-0.2, 0) is 12.8 Å². The molecular formula is C28H31F7. The van der Waals surface area contributed by atoms with Gasteiger partial charge in [0.15, 0.2) is 0 Å². The Morgan fingerprint density at radius 3 is 1.94 bits per heavy atom. The first-order valence-corrected chi connectivity index (χ1v) is 12.3. The topological polar surface area (TPSA) is 0 Å². The third-order valence-corrected chi connectivity index (χ3v) is 6.94. The van der Waals surface area contributed by atoms with E-state index in [0.29, 0.717) is 17.6 Å². The van der Waals surface area contributed by atoms with Crippen LogP contribution in [0.5, 0.6) is 0 Å². The van der Waals surface area contributed by atoms with Crippen molar-refractivity contribution in [3.05, 3.63) is 75.9 Å². The molecule has 2 aromatic rings. The third kappa shape index (κ3) is 7.84. The van der Waals surface area contributed by atoms with Gasteiger partial charge in [-0.2, -0.15) is 13.2 Å². The SMILES string of the molecule is CCCCCC1CCC(c2cc(F)c(CCc3cc(F)c(C=CC(F)(F)F)c(F)c3)c(F)c2)CC1. The molecule has 1 aliphatic carbocycles. The maximum Gasteiger partial charge on any atom is 0.409 e. The summed E-state index contributed by atoms with van der Waals surface area (Å²) < 4.78 is 94.7. The van der Waals surface area contributed by atoms with Crippen LogP contribution >= 0.6 is 0 Å². The zero-order valence-corrected chi connectivity index (χ0v) is 19.8. The largest absolute Gasteiger partial charge is 0.409 e. The molecule has 0 N–H and O–H groups in total. The van der Waals surface area contributed by atoms with Gasteiger partial charge in [0.1, 0.15) is 23.3 Å². The summed E-state index contributed by atoms with van der Waals surface area (Å²) in [7, 11) is 0. The highest BCUT2D eigenvalue weighted by molar-refractivity contribution is 5.52. The summed E-state index contributed by atoms with van der Waals surface area (Å²) in [6, 6.07) is 4.52. The van der Waals surface area contributed by atoms with Crippen LogP contribution in [0.2, 0.25) is 0 Å². The predicted octanol–water partition coefficient (Wildman–Crippen LogP) is 9.46. The van der Waals surface area contributed by atoms with Crippen LogP contribution in [0.15, 0.2) is 30.3 Å². The third-order valence-electron chi connectivity index (χ3n) is 6.94. The molecule has 0 nitrogen and oxygen atoms in total. The number of hydrogen-bond donors (Lipinski definition) is 0. The summed E-state index contributed by atoms with van der Waals surface area (Å²) in [6.45, 7) is 2.18. The molecular weight excluding hydrogens is 469 g/mol. The highest BCUT2D eigenvalue weighted by atomic mass is 19.4. The molecule has 0 radical (unpaired) electrons. The molecule has 7 heteroatoms. The van der Waals surface area contributed by atoms with Crippen molar-refractivity contribution in [2.24, 2.45) is 5.92 Å². The van der Waals surface area contributed by atoms with Gasteiger partial charge < -0.3 is 0 Å². The lowest BCUT2D eigenvalue weighted by molar-refractivity contribution is -0.0790. The maximum atomic E-state index is 14.8. The molecule has 0 unspecified atom stereocenters. The Balaban J connectivity index is 1.63. The first-order valence-electron chi connectivity index (χ1n) is 12.3. The Labute approximate surface area is 202 Å². The Morgan fingerprint density at radius 2 is 1.40 bits per heavy atom. The van der Waals surface area contributed by atoms with Crippen molar-refractivity contribution >= 4 is 6.08 Å². The summed E-state index contributed by atoms with van der Waals surface area (Å²) in [6.07, 6.45) is 3.97. The van der Waals surface area contributed by atoms with Crippen LogP contribution in [0.25, 0.3) is 6.08 Å². The van der Waals surface area contributed by atoms with Gasteiger partial charge in [0, 0.05) is 17.2 Å². The molecule has 0 amide bonds. The summed E-state index contributed by atoms with van der Waals surface area (Å²) in [5.41, 5.74) is -0.223. The normalized spacial score (nSPS) is 19.0. The molecule has 192 valence electrons. The summed E-state index contributed by atoms with van der Waals surface area (Å²) in [5, 5.41) is 0. The molecule has 3 rings (SSSR count). The molecule has 0 spiro atoms. The second kappa shape index (κ2) is 12.1. The molecule has 0 saturated heterocycles. The van der Waals surface area contributed by atoms with E-state index in [1.807, 2.05) is 0 Å². The minimum absolute atomic E-state index is 0.0623. The van der Waals surface area contributed by atoms with Crippen molar-refractivity contribution in [1.82, 2.24) is 0 Å². The van der Waals surface area contributed by atoms with E-state index in [9.17, 15) is 30.7 Å². The van der Waals surface area contributed by atoms with Crippen molar-refractivity contribution in [2.45, 2.75) is 83.2 Å². The number of halogens is 7. The quantitative estimate of drug-likeness (QED) is 0.238. The van der Waals surface area contributed by atoms with Crippen molar-refractivity contribution in [3.8, 4) is 0 Å². The number of rotatable bonds is 9. The molecule has 0 heterocycles. The average Bonchev–Trinajstić information content (AvgIpc) is 2.78. The number of aryl methyl sites for hydroxylation is 1. The van der Waals surface area contributed by atoms with E-state index in [4.69, 9.17) is 0 Å². The molecule has 1 saturated carbocycles. The fraction of sp³-hybridized carbons (Fsp3) is 0.500. The van der Waals surface area contributed by atoms with Gasteiger partial charge in [0.05, 0.1) is 0 Å². The Kier molecular flexibility index (Phi) is 9.42. The lowest BCUT2D eigenvalue weighted by Gasteiger charge is -2.29. The molecule has 0 atom stereocenters. The van der Waals surface area contributed by atoms with E-state index < -0.39 is 35.0 Å². The van der Waals surface area contributed by atoms with Gasteiger partial charge in [-0.05, 0) is 91.8 Å². The summed E-state index contributed by atoms with van der Waals surface area (Å²) in [5.74, 6) is -2.89. The maximum absolute atomic E-state index is 14.8. The number of unbranched alkanes of at least 4 members (excludes halogenated alkanes) is 2. The minimum Gasteiger partial charge on any atom is -0.207 e. The number of hydrogen-bond acceptors (Lipinski definition) is 0. The van der Waals surface area contributed by atoms with Crippen molar-refractivity contribution < 1.29 is 30.7 Å². The Morgan fingerprint density at radius 1 is 0.800 bits per heavy atom. The van der Waals surface area contributed by atoms with E-state index in [0.717, 1.165) is 37.8 Å². The predicted molar refractivity (Wildman–Crippen MR) is 124 cm³/mol. The van der Waals surface area contributed by atoms with Crippen molar-refractivity contribution in [3.63, 3.8) is 0 Å². The van der Waals surface area contributed by atoms with Crippen LogP contribution in [-0.4, -0.2) is 6.18 Å². The minimum atomic E-state index is -4.70.